The SMILES string of the molecule is CC(C)(C)SCC(=O)N1CC2C(C1)C2(C)C. The van der Waals surface area contributed by atoms with Crippen LogP contribution in [0.2, 0.25) is 0 Å². The second-order valence-electron chi connectivity index (χ2n) is 6.73. The molecule has 0 spiro atoms. The predicted molar refractivity (Wildman–Crippen MR) is 69.6 cm³/mol. The fourth-order valence-electron chi connectivity index (χ4n) is 2.71. The highest BCUT2D eigenvalue weighted by Crippen LogP contribution is 2.61. The molecule has 2 unspecified atom stereocenters. The van der Waals surface area contributed by atoms with E-state index in [2.05, 4.69) is 39.5 Å². The summed E-state index contributed by atoms with van der Waals surface area (Å²) in [6.07, 6.45) is 0. The molecule has 1 amide bonds. The van der Waals surface area contributed by atoms with E-state index in [4.69, 9.17) is 0 Å². The molecule has 0 aromatic carbocycles. The zero-order valence-electron chi connectivity index (χ0n) is 11.0. The van der Waals surface area contributed by atoms with Crippen LogP contribution in [0.5, 0.6) is 0 Å². The van der Waals surface area contributed by atoms with Crippen molar-refractivity contribution in [1.29, 1.82) is 0 Å². The van der Waals surface area contributed by atoms with Crippen LogP contribution in [0.1, 0.15) is 34.6 Å². The van der Waals surface area contributed by atoms with E-state index in [1.165, 1.54) is 0 Å². The molecule has 2 fully saturated rings. The molecule has 1 heterocycles. The summed E-state index contributed by atoms with van der Waals surface area (Å²) >= 11 is 1.75. The molecule has 0 radical (unpaired) electrons. The lowest BCUT2D eigenvalue weighted by molar-refractivity contribution is -0.128. The van der Waals surface area contributed by atoms with E-state index in [0.29, 0.717) is 17.1 Å². The Labute approximate surface area is 103 Å². The Bertz CT molecular complexity index is 292. The van der Waals surface area contributed by atoms with E-state index >= 15 is 0 Å². The molecule has 1 saturated heterocycles. The smallest absolute Gasteiger partial charge is 0.232 e. The second kappa shape index (κ2) is 3.66. The number of amides is 1. The van der Waals surface area contributed by atoms with Gasteiger partial charge in [-0.05, 0) is 17.3 Å². The highest BCUT2D eigenvalue weighted by atomic mass is 32.2. The molecule has 1 aliphatic heterocycles. The summed E-state index contributed by atoms with van der Waals surface area (Å²) in [7, 11) is 0. The van der Waals surface area contributed by atoms with Crippen molar-refractivity contribution >= 4 is 17.7 Å². The Balaban J connectivity index is 1.78. The summed E-state index contributed by atoms with van der Waals surface area (Å²) in [5.74, 6) is 2.53. The summed E-state index contributed by atoms with van der Waals surface area (Å²) in [5.41, 5.74) is 0.508. The summed E-state index contributed by atoms with van der Waals surface area (Å²) in [6, 6.07) is 0. The van der Waals surface area contributed by atoms with Crippen LogP contribution < -0.4 is 0 Å². The van der Waals surface area contributed by atoms with Gasteiger partial charge in [0.25, 0.3) is 0 Å². The minimum atomic E-state index is 0.192. The van der Waals surface area contributed by atoms with Gasteiger partial charge < -0.3 is 4.90 Å². The van der Waals surface area contributed by atoms with Gasteiger partial charge in [0.2, 0.25) is 5.91 Å². The van der Waals surface area contributed by atoms with Gasteiger partial charge in [0, 0.05) is 17.8 Å². The predicted octanol–water partition coefficient (Wildman–Crippen LogP) is 2.63. The van der Waals surface area contributed by atoms with Gasteiger partial charge in [-0.3, -0.25) is 4.79 Å². The number of carbonyl (C=O) groups is 1. The molecular weight excluding hydrogens is 218 g/mol. The zero-order valence-corrected chi connectivity index (χ0v) is 11.9. The topological polar surface area (TPSA) is 20.3 Å². The lowest BCUT2D eigenvalue weighted by atomic mass is 10.1. The average Bonchev–Trinajstić information content (AvgIpc) is 2.57. The normalized spacial score (nSPS) is 31.4. The van der Waals surface area contributed by atoms with Crippen molar-refractivity contribution in [2.45, 2.75) is 39.4 Å². The number of thioether (sulfide) groups is 1. The van der Waals surface area contributed by atoms with E-state index in [-0.39, 0.29) is 4.75 Å². The van der Waals surface area contributed by atoms with Crippen molar-refractivity contribution in [2.75, 3.05) is 18.8 Å². The van der Waals surface area contributed by atoms with Gasteiger partial charge in [0.1, 0.15) is 0 Å². The van der Waals surface area contributed by atoms with Gasteiger partial charge in [0.05, 0.1) is 5.75 Å². The van der Waals surface area contributed by atoms with Crippen molar-refractivity contribution in [3.05, 3.63) is 0 Å². The lowest BCUT2D eigenvalue weighted by Crippen LogP contribution is -2.34. The first-order valence-electron chi connectivity index (χ1n) is 6.13. The summed E-state index contributed by atoms with van der Waals surface area (Å²) in [6.45, 7) is 13.1. The molecule has 2 atom stereocenters. The quantitative estimate of drug-likeness (QED) is 0.741. The molecule has 2 rings (SSSR count). The van der Waals surface area contributed by atoms with Crippen molar-refractivity contribution in [3.8, 4) is 0 Å². The molecule has 16 heavy (non-hydrogen) atoms. The number of fused-ring (bicyclic) bond motifs is 1. The third kappa shape index (κ3) is 2.24. The molecule has 2 aliphatic rings. The largest absolute Gasteiger partial charge is 0.341 e. The van der Waals surface area contributed by atoms with Crippen LogP contribution in [0, 0.1) is 17.3 Å². The minimum Gasteiger partial charge on any atom is -0.341 e. The molecule has 92 valence electrons. The van der Waals surface area contributed by atoms with Crippen LogP contribution >= 0.6 is 11.8 Å². The Morgan fingerprint density at radius 1 is 1.31 bits per heavy atom. The van der Waals surface area contributed by atoms with Crippen molar-refractivity contribution < 1.29 is 4.79 Å². The summed E-state index contributed by atoms with van der Waals surface area (Å²) in [4.78, 5) is 14.0. The van der Waals surface area contributed by atoms with E-state index in [1.54, 1.807) is 11.8 Å². The van der Waals surface area contributed by atoms with Crippen LogP contribution in [0.3, 0.4) is 0 Å². The zero-order chi connectivity index (χ0) is 12.1. The first-order valence-corrected chi connectivity index (χ1v) is 7.12. The van der Waals surface area contributed by atoms with Gasteiger partial charge in [-0.15, -0.1) is 11.8 Å². The highest BCUT2D eigenvalue weighted by molar-refractivity contribution is 8.01. The van der Waals surface area contributed by atoms with E-state index in [0.717, 1.165) is 24.9 Å². The number of nitrogens with zero attached hydrogens (tertiary/aromatic N) is 1. The van der Waals surface area contributed by atoms with Gasteiger partial charge in [-0.25, -0.2) is 0 Å². The van der Waals surface area contributed by atoms with E-state index in [1.807, 2.05) is 0 Å². The fraction of sp³-hybridized carbons (Fsp3) is 0.923. The van der Waals surface area contributed by atoms with Crippen molar-refractivity contribution in [1.82, 2.24) is 4.90 Å². The maximum Gasteiger partial charge on any atom is 0.232 e. The van der Waals surface area contributed by atoms with Crippen LogP contribution in [-0.4, -0.2) is 34.4 Å². The van der Waals surface area contributed by atoms with Gasteiger partial charge >= 0.3 is 0 Å². The second-order valence-corrected chi connectivity index (χ2v) is 8.54. The monoisotopic (exact) mass is 241 g/mol. The molecule has 2 nitrogen and oxygen atoms in total. The van der Waals surface area contributed by atoms with Crippen LogP contribution in [-0.2, 0) is 4.79 Å². The van der Waals surface area contributed by atoms with Crippen molar-refractivity contribution in [3.63, 3.8) is 0 Å². The lowest BCUT2D eigenvalue weighted by Gasteiger charge is -2.24. The Morgan fingerprint density at radius 3 is 2.25 bits per heavy atom. The Kier molecular flexibility index (Phi) is 2.81. The molecule has 0 aromatic heterocycles. The third-order valence-electron chi connectivity index (χ3n) is 4.10. The molecule has 0 N–H and O–H groups in total. The van der Waals surface area contributed by atoms with Crippen molar-refractivity contribution in [2.24, 2.45) is 17.3 Å². The van der Waals surface area contributed by atoms with Crippen LogP contribution in [0.25, 0.3) is 0 Å². The number of piperidine rings is 1. The first kappa shape index (κ1) is 12.3. The van der Waals surface area contributed by atoms with Crippen LogP contribution in [0.15, 0.2) is 0 Å². The number of likely N-dealkylation sites (tertiary alicyclic amines) is 1. The molecule has 3 heteroatoms. The van der Waals surface area contributed by atoms with E-state index in [9.17, 15) is 4.79 Å². The van der Waals surface area contributed by atoms with Gasteiger partial charge in [0.15, 0.2) is 0 Å². The summed E-state index contributed by atoms with van der Waals surface area (Å²) in [5, 5.41) is 0. The molecule has 1 aliphatic carbocycles. The average molecular weight is 241 g/mol. The number of rotatable bonds is 2. The maximum absolute atomic E-state index is 12.0. The summed E-state index contributed by atoms with van der Waals surface area (Å²) < 4.78 is 0.192. The molecular formula is C13H23NOS. The minimum absolute atomic E-state index is 0.192. The maximum atomic E-state index is 12.0. The highest BCUT2D eigenvalue weighted by Gasteiger charge is 2.62. The van der Waals surface area contributed by atoms with Gasteiger partial charge in [-0.2, -0.15) is 0 Å². The van der Waals surface area contributed by atoms with E-state index < -0.39 is 0 Å². The Hall–Kier alpha value is -0.180. The molecule has 0 bridgehead atoms. The molecule has 0 aromatic rings. The molecule has 1 saturated carbocycles. The van der Waals surface area contributed by atoms with Crippen LogP contribution in [0.4, 0.5) is 0 Å². The Morgan fingerprint density at radius 2 is 1.81 bits per heavy atom. The number of carbonyl (C=O) groups excluding carboxylic acids is 1. The third-order valence-corrected chi connectivity index (χ3v) is 5.36. The van der Waals surface area contributed by atoms with Gasteiger partial charge in [-0.1, -0.05) is 34.6 Å². The standard InChI is InChI=1S/C13H23NOS/c1-12(2,3)16-8-11(15)14-6-9-10(7-14)13(9,4)5/h9-10H,6-8H2,1-5H3. The fourth-order valence-corrected chi connectivity index (χ4v) is 3.44. The number of hydrogen-bond donors (Lipinski definition) is 0. The number of hydrogen-bond acceptors (Lipinski definition) is 2. The first-order chi connectivity index (χ1) is 7.22.